The third kappa shape index (κ3) is 38.7. The summed E-state index contributed by atoms with van der Waals surface area (Å²) in [5, 5.41) is 0. The second-order valence-corrected chi connectivity index (χ2v) is 14.2. The van der Waals surface area contributed by atoms with E-state index in [-0.39, 0.29) is 31.1 Å². The quantitative estimate of drug-likeness (QED) is 0.0274. The molecule has 296 valence electrons. The fraction of sp³-hybridized carbons (Fsp3) is 0.800. The van der Waals surface area contributed by atoms with Gasteiger partial charge in [0.2, 0.25) is 0 Å². The van der Waals surface area contributed by atoms with Gasteiger partial charge in [-0.1, -0.05) is 179 Å². The zero-order chi connectivity index (χ0) is 37.3. The maximum atomic E-state index is 12.6. The van der Waals surface area contributed by atoms with Gasteiger partial charge in [-0.3, -0.25) is 14.4 Å². The Labute approximate surface area is 315 Å². The van der Waals surface area contributed by atoms with Crippen molar-refractivity contribution >= 4 is 17.9 Å². The molecule has 0 heterocycles. The lowest BCUT2D eigenvalue weighted by atomic mass is 10.1. The molecule has 1 atom stereocenters. The summed E-state index contributed by atoms with van der Waals surface area (Å²) in [7, 11) is 0. The van der Waals surface area contributed by atoms with E-state index in [4.69, 9.17) is 14.2 Å². The van der Waals surface area contributed by atoms with Crippen LogP contribution in [0.25, 0.3) is 0 Å². The average molecular weight is 717 g/mol. The van der Waals surface area contributed by atoms with Crippen LogP contribution >= 0.6 is 0 Å². The standard InChI is InChI=1S/C45H80O6/c1-4-7-10-13-16-18-19-20-21-22-23-24-25-27-29-32-35-38-44(47)50-41-42(40-49-43(46)37-34-31-28-15-12-9-6-3)51-45(48)39-36-33-30-26-17-14-11-8-5-2/h7,10,16,18,20-21,42H,4-6,8-9,11-15,17,19,22-41H2,1-3H3/b10-7-,18-16-,21-20-. The summed E-state index contributed by atoms with van der Waals surface area (Å²) >= 11 is 0. The van der Waals surface area contributed by atoms with Crippen LogP contribution in [-0.2, 0) is 28.6 Å². The van der Waals surface area contributed by atoms with Gasteiger partial charge in [-0.05, 0) is 51.4 Å². The van der Waals surface area contributed by atoms with Gasteiger partial charge in [-0.2, -0.15) is 0 Å². The number of esters is 3. The molecule has 0 aromatic rings. The Kier molecular flexibility index (Phi) is 38.5. The van der Waals surface area contributed by atoms with Crippen LogP contribution in [0.5, 0.6) is 0 Å². The highest BCUT2D eigenvalue weighted by Crippen LogP contribution is 2.14. The van der Waals surface area contributed by atoms with Crippen molar-refractivity contribution in [3.05, 3.63) is 36.5 Å². The predicted molar refractivity (Wildman–Crippen MR) is 215 cm³/mol. The van der Waals surface area contributed by atoms with E-state index in [1.54, 1.807) is 0 Å². The molecule has 6 heteroatoms. The average Bonchev–Trinajstić information content (AvgIpc) is 3.12. The van der Waals surface area contributed by atoms with Gasteiger partial charge in [0.1, 0.15) is 13.2 Å². The number of carbonyl (C=O) groups is 3. The number of carbonyl (C=O) groups excluding carboxylic acids is 3. The number of hydrogen-bond donors (Lipinski definition) is 0. The topological polar surface area (TPSA) is 78.9 Å². The first-order valence-electron chi connectivity index (χ1n) is 21.5. The van der Waals surface area contributed by atoms with Crippen molar-refractivity contribution in [3.63, 3.8) is 0 Å². The molecule has 51 heavy (non-hydrogen) atoms. The van der Waals surface area contributed by atoms with Crippen LogP contribution in [0.2, 0.25) is 0 Å². The molecule has 0 N–H and O–H groups in total. The molecule has 0 fully saturated rings. The van der Waals surface area contributed by atoms with E-state index in [2.05, 4.69) is 57.2 Å². The van der Waals surface area contributed by atoms with Crippen LogP contribution in [0.15, 0.2) is 36.5 Å². The van der Waals surface area contributed by atoms with Gasteiger partial charge in [-0.15, -0.1) is 0 Å². The SMILES string of the molecule is CC/C=C\C/C=C\C/C=C\CCCCCCCCCC(=O)OCC(COC(=O)CCCCCCCCC)OC(=O)CCCCCCCCCCC. The monoisotopic (exact) mass is 717 g/mol. The Morgan fingerprint density at radius 3 is 1.20 bits per heavy atom. The summed E-state index contributed by atoms with van der Waals surface area (Å²) in [6, 6.07) is 0. The Balaban J connectivity index is 4.26. The van der Waals surface area contributed by atoms with Crippen LogP contribution in [0.1, 0.15) is 213 Å². The molecule has 0 rings (SSSR count). The number of hydrogen-bond acceptors (Lipinski definition) is 6. The fourth-order valence-electron chi connectivity index (χ4n) is 5.93. The molecule has 0 spiro atoms. The lowest BCUT2D eigenvalue weighted by molar-refractivity contribution is -0.167. The van der Waals surface area contributed by atoms with Gasteiger partial charge in [0.15, 0.2) is 6.10 Å². The van der Waals surface area contributed by atoms with Crippen molar-refractivity contribution in [1.82, 2.24) is 0 Å². The molecule has 1 unspecified atom stereocenters. The zero-order valence-corrected chi connectivity index (χ0v) is 33.6. The first-order chi connectivity index (χ1) is 25.0. The van der Waals surface area contributed by atoms with Crippen LogP contribution in [-0.4, -0.2) is 37.2 Å². The highest BCUT2D eigenvalue weighted by molar-refractivity contribution is 5.71. The molecule has 0 bridgehead atoms. The highest BCUT2D eigenvalue weighted by atomic mass is 16.6. The zero-order valence-electron chi connectivity index (χ0n) is 33.6. The maximum Gasteiger partial charge on any atom is 0.306 e. The molecule has 0 aromatic heterocycles. The summed E-state index contributed by atoms with van der Waals surface area (Å²) in [5.74, 6) is -0.893. The molecule has 0 saturated heterocycles. The molecule has 0 radical (unpaired) electrons. The van der Waals surface area contributed by atoms with Gasteiger partial charge in [0.05, 0.1) is 0 Å². The molecule has 0 aliphatic rings. The van der Waals surface area contributed by atoms with Crippen LogP contribution in [0.4, 0.5) is 0 Å². The van der Waals surface area contributed by atoms with E-state index in [9.17, 15) is 14.4 Å². The van der Waals surface area contributed by atoms with Gasteiger partial charge in [-0.25, -0.2) is 0 Å². The lowest BCUT2D eigenvalue weighted by Gasteiger charge is -2.18. The Bertz CT molecular complexity index is 876. The molecule has 0 aromatic carbocycles. The number of unbranched alkanes of at least 4 members (excludes halogenated alkanes) is 21. The maximum absolute atomic E-state index is 12.6. The van der Waals surface area contributed by atoms with Crippen molar-refractivity contribution in [2.24, 2.45) is 0 Å². The van der Waals surface area contributed by atoms with E-state index in [0.29, 0.717) is 19.3 Å². The molecule has 0 aliphatic heterocycles. The van der Waals surface area contributed by atoms with Gasteiger partial charge < -0.3 is 14.2 Å². The Morgan fingerprint density at radius 2 is 0.765 bits per heavy atom. The molecule has 0 aliphatic carbocycles. The molecular formula is C45H80O6. The number of allylic oxidation sites excluding steroid dienone is 6. The first-order valence-corrected chi connectivity index (χ1v) is 21.5. The van der Waals surface area contributed by atoms with Crippen molar-refractivity contribution in [3.8, 4) is 0 Å². The van der Waals surface area contributed by atoms with Crippen LogP contribution in [0, 0.1) is 0 Å². The van der Waals surface area contributed by atoms with E-state index < -0.39 is 6.10 Å². The smallest absolute Gasteiger partial charge is 0.306 e. The minimum Gasteiger partial charge on any atom is -0.462 e. The number of rotatable bonds is 38. The normalized spacial score (nSPS) is 12.3. The molecule has 0 saturated carbocycles. The summed E-state index contributed by atoms with van der Waals surface area (Å²) in [6.45, 7) is 6.44. The van der Waals surface area contributed by atoms with E-state index in [1.165, 1.54) is 89.9 Å². The minimum absolute atomic E-state index is 0.0735. The fourth-order valence-corrected chi connectivity index (χ4v) is 5.93. The van der Waals surface area contributed by atoms with Crippen molar-refractivity contribution in [2.75, 3.05) is 13.2 Å². The number of ether oxygens (including phenoxy) is 3. The predicted octanol–water partition coefficient (Wildman–Crippen LogP) is 13.4. The van der Waals surface area contributed by atoms with Crippen molar-refractivity contribution in [1.29, 1.82) is 0 Å². The summed E-state index contributed by atoms with van der Waals surface area (Å²) in [4.78, 5) is 37.4. The Morgan fingerprint density at radius 1 is 0.412 bits per heavy atom. The molecular weight excluding hydrogens is 636 g/mol. The van der Waals surface area contributed by atoms with Crippen molar-refractivity contribution in [2.45, 2.75) is 219 Å². The van der Waals surface area contributed by atoms with Gasteiger partial charge in [0, 0.05) is 19.3 Å². The Hall–Kier alpha value is -2.37. The lowest BCUT2D eigenvalue weighted by Crippen LogP contribution is -2.30. The summed E-state index contributed by atoms with van der Waals surface area (Å²) in [6.07, 6.45) is 44.2. The first kappa shape index (κ1) is 48.6. The minimum atomic E-state index is -0.766. The summed E-state index contributed by atoms with van der Waals surface area (Å²) in [5.41, 5.74) is 0. The van der Waals surface area contributed by atoms with Crippen LogP contribution in [0.3, 0.4) is 0 Å². The second kappa shape index (κ2) is 40.4. The van der Waals surface area contributed by atoms with Gasteiger partial charge >= 0.3 is 17.9 Å². The largest absolute Gasteiger partial charge is 0.462 e. The third-order valence-corrected chi connectivity index (χ3v) is 9.16. The summed E-state index contributed by atoms with van der Waals surface area (Å²) < 4.78 is 16.6. The second-order valence-electron chi connectivity index (χ2n) is 14.2. The van der Waals surface area contributed by atoms with E-state index in [0.717, 1.165) is 83.5 Å². The third-order valence-electron chi connectivity index (χ3n) is 9.16. The highest BCUT2D eigenvalue weighted by Gasteiger charge is 2.19. The molecule has 6 nitrogen and oxygen atoms in total. The van der Waals surface area contributed by atoms with E-state index >= 15 is 0 Å². The molecule has 0 amide bonds. The van der Waals surface area contributed by atoms with E-state index in [1.807, 2.05) is 0 Å². The van der Waals surface area contributed by atoms with Crippen LogP contribution < -0.4 is 0 Å². The van der Waals surface area contributed by atoms with Crippen molar-refractivity contribution < 1.29 is 28.6 Å². The van der Waals surface area contributed by atoms with Gasteiger partial charge in [0.25, 0.3) is 0 Å².